The van der Waals surface area contributed by atoms with Crippen molar-refractivity contribution >= 4 is 23.3 Å². The van der Waals surface area contributed by atoms with Crippen molar-refractivity contribution in [2.75, 3.05) is 0 Å². The highest BCUT2D eigenvalue weighted by molar-refractivity contribution is 5.77. The van der Waals surface area contributed by atoms with Crippen molar-refractivity contribution in [3.63, 3.8) is 0 Å². The normalized spacial score (nSPS) is 11.7. The van der Waals surface area contributed by atoms with E-state index in [1.807, 2.05) is 13.8 Å². The Morgan fingerprint density at radius 3 is 2.32 bits per heavy atom. The third-order valence-corrected chi connectivity index (χ3v) is 4.60. The minimum atomic E-state index is -0.342. The minimum Gasteiger partial charge on any atom is -0.504 e. The molecule has 0 fully saturated rings. The van der Waals surface area contributed by atoms with E-state index in [0.29, 0.717) is 42.1 Å². The van der Waals surface area contributed by atoms with Crippen LogP contribution in [0, 0.1) is 0 Å². The van der Waals surface area contributed by atoms with Gasteiger partial charge in [0.1, 0.15) is 5.82 Å². The molecule has 2 N–H and O–H groups in total. The van der Waals surface area contributed by atoms with Gasteiger partial charge in [0.2, 0.25) is 0 Å². The number of aromatic nitrogens is 4. The maximum atomic E-state index is 12.9. The molecular weight excluding hydrogens is 360 g/mol. The zero-order valence-electron chi connectivity index (χ0n) is 16.2. The summed E-state index contributed by atoms with van der Waals surface area (Å²) in [7, 11) is 1.74. The lowest BCUT2D eigenvalue weighted by molar-refractivity contribution is 0.403. The maximum absolute atomic E-state index is 12.9. The molecule has 0 saturated carbocycles. The molecule has 0 unspecified atom stereocenters. The number of rotatable bonds is 6. The average molecular weight is 384 g/mol. The van der Waals surface area contributed by atoms with Gasteiger partial charge in [-0.25, -0.2) is 9.78 Å². The van der Waals surface area contributed by atoms with Crippen molar-refractivity contribution in [2.45, 2.75) is 39.8 Å². The van der Waals surface area contributed by atoms with E-state index in [0.717, 1.165) is 6.42 Å². The first kappa shape index (κ1) is 19.5. The molecule has 8 nitrogen and oxygen atoms in total. The highest BCUT2D eigenvalue weighted by atomic mass is 16.3. The van der Waals surface area contributed by atoms with Gasteiger partial charge in [-0.05, 0) is 36.6 Å². The summed E-state index contributed by atoms with van der Waals surface area (Å²) in [6, 6.07) is 4.47. The Hall–Kier alpha value is -3.29. The van der Waals surface area contributed by atoms with Gasteiger partial charge in [0.25, 0.3) is 5.56 Å². The van der Waals surface area contributed by atoms with E-state index >= 15 is 0 Å². The van der Waals surface area contributed by atoms with Crippen LogP contribution >= 0.6 is 0 Å². The molecule has 28 heavy (non-hydrogen) atoms. The molecule has 0 aliphatic heterocycles. The van der Waals surface area contributed by atoms with Crippen LogP contribution in [0.3, 0.4) is 0 Å². The summed E-state index contributed by atoms with van der Waals surface area (Å²) in [6.07, 6.45) is 4.85. The summed E-state index contributed by atoms with van der Waals surface area (Å²) in [5.74, 6) is 0.101. The van der Waals surface area contributed by atoms with Crippen molar-refractivity contribution < 1.29 is 10.2 Å². The maximum Gasteiger partial charge on any atom is 0.332 e. The monoisotopic (exact) mass is 384 g/mol. The van der Waals surface area contributed by atoms with Gasteiger partial charge in [-0.1, -0.05) is 26.0 Å². The summed E-state index contributed by atoms with van der Waals surface area (Å²) in [5.41, 5.74) is 0.746. The Morgan fingerprint density at radius 1 is 1.00 bits per heavy atom. The van der Waals surface area contributed by atoms with Crippen LogP contribution in [0.5, 0.6) is 11.5 Å². The number of aryl methyl sites for hydroxylation is 2. The number of fused-ring (bicyclic) bond motifs is 1. The van der Waals surface area contributed by atoms with Gasteiger partial charge in [-0.15, -0.1) is 0 Å². The Morgan fingerprint density at radius 2 is 1.68 bits per heavy atom. The summed E-state index contributed by atoms with van der Waals surface area (Å²) < 4.78 is 4.49. The van der Waals surface area contributed by atoms with Crippen LogP contribution in [0.1, 0.15) is 38.1 Å². The lowest BCUT2D eigenvalue weighted by Gasteiger charge is -2.10. The molecule has 0 aliphatic rings. The van der Waals surface area contributed by atoms with Gasteiger partial charge < -0.3 is 14.8 Å². The molecule has 1 aromatic carbocycles. The molecule has 0 amide bonds. The molecule has 3 aromatic rings. The second kappa shape index (κ2) is 7.75. The molecule has 0 radical (unpaired) electrons. The Labute approximate surface area is 161 Å². The summed E-state index contributed by atoms with van der Waals surface area (Å²) >= 11 is 0. The summed E-state index contributed by atoms with van der Waals surface area (Å²) in [5, 5.41) is 19.0. The van der Waals surface area contributed by atoms with E-state index in [-0.39, 0.29) is 22.7 Å². The van der Waals surface area contributed by atoms with Gasteiger partial charge in [-0.3, -0.25) is 13.9 Å². The second-order valence-electron chi connectivity index (χ2n) is 6.67. The Kier molecular flexibility index (Phi) is 5.39. The van der Waals surface area contributed by atoms with Crippen LogP contribution in [0.15, 0.2) is 27.8 Å². The van der Waals surface area contributed by atoms with Crippen molar-refractivity contribution in [3.05, 3.63) is 50.4 Å². The van der Waals surface area contributed by atoms with Gasteiger partial charge >= 0.3 is 5.69 Å². The molecule has 148 valence electrons. The first-order valence-corrected chi connectivity index (χ1v) is 9.29. The molecule has 0 aliphatic carbocycles. The van der Waals surface area contributed by atoms with Gasteiger partial charge in [0.15, 0.2) is 22.7 Å². The number of hydrogen-bond donors (Lipinski definition) is 2. The molecule has 2 heterocycles. The first-order chi connectivity index (χ1) is 13.4. The average Bonchev–Trinajstić information content (AvgIpc) is 2.99. The third kappa shape index (κ3) is 3.33. The van der Waals surface area contributed by atoms with Gasteiger partial charge in [0.05, 0.1) is 0 Å². The van der Waals surface area contributed by atoms with Crippen LogP contribution in [-0.2, 0) is 20.1 Å². The van der Waals surface area contributed by atoms with Gasteiger partial charge in [0, 0.05) is 20.1 Å². The molecule has 0 bridgehead atoms. The predicted molar refractivity (Wildman–Crippen MR) is 109 cm³/mol. The number of hydrogen-bond acceptors (Lipinski definition) is 5. The predicted octanol–water partition coefficient (Wildman–Crippen LogP) is 2.30. The van der Waals surface area contributed by atoms with E-state index in [4.69, 9.17) is 0 Å². The molecular formula is C20H24N4O4. The van der Waals surface area contributed by atoms with Crippen LogP contribution in [0.4, 0.5) is 0 Å². The SMILES string of the molecule is CCCn1c(=O)c2c(nc(/C=C/c3ccc(O)c(O)c3)n2C)n(CCC)c1=O. The fourth-order valence-corrected chi connectivity index (χ4v) is 3.19. The van der Waals surface area contributed by atoms with E-state index < -0.39 is 0 Å². The smallest absolute Gasteiger partial charge is 0.332 e. The second-order valence-corrected chi connectivity index (χ2v) is 6.67. The first-order valence-electron chi connectivity index (χ1n) is 9.29. The highest BCUT2D eigenvalue weighted by Gasteiger charge is 2.18. The van der Waals surface area contributed by atoms with E-state index in [1.54, 1.807) is 34.4 Å². The number of phenolic OH excluding ortho intramolecular Hbond substituents is 2. The fraction of sp³-hybridized carbons (Fsp3) is 0.350. The van der Waals surface area contributed by atoms with Crippen LogP contribution in [0.2, 0.25) is 0 Å². The van der Waals surface area contributed by atoms with Crippen molar-refractivity contribution in [1.82, 2.24) is 18.7 Å². The van der Waals surface area contributed by atoms with Crippen LogP contribution in [0.25, 0.3) is 23.3 Å². The molecule has 3 rings (SSSR count). The standard InChI is InChI=1S/C20H24N4O4/c1-4-10-23-18-17(19(27)24(11-5-2)20(23)28)22(3)16(21-18)9-7-13-6-8-14(25)15(26)12-13/h6-9,12,25-26H,4-5,10-11H2,1-3H3/b9-7+. The minimum absolute atomic E-state index is 0.195. The van der Waals surface area contributed by atoms with Crippen molar-refractivity contribution in [2.24, 2.45) is 7.05 Å². The lowest BCUT2D eigenvalue weighted by atomic mass is 10.2. The Bertz CT molecular complexity index is 1170. The molecule has 2 aromatic heterocycles. The van der Waals surface area contributed by atoms with E-state index in [2.05, 4.69) is 4.98 Å². The number of benzene rings is 1. The Balaban J connectivity index is 2.18. The number of imidazole rings is 1. The fourth-order valence-electron chi connectivity index (χ4n) is 3.19. The summed E-state index contributed by atoms with van der Waals surface area (Å²) in [6.45, 7) is 4.73. The van der Waals surface area contributed by atoms with E-state index in [9.17, 15) is 19.8 Å². The molecule has 8 heteroatoms. The number of aromatic hydroxyl groups is 2. The summed E-state index contributed by atoms with van der Waals surface area (Å²) in [4.78, 5) is 30.2. The zero-order chi connectivity index (χ0) is 20.4. The van der Waals surface area contributed by atoms with E-state index in [1.165, 1.54) is 16.7 Å². The topological polar surface area (TPSA) is 102 Å². The van der Waals surface area contributed by atoms with Crippen LogP contribution in [-0.4, -0.2) is 28.9 Å². The largest absolute Gasteiger partial charge is 0.504 e. The molecule has 0 spiro atoms. The quantitative estimate of drug-likeness (QED) is 0.635. The number of phenols is 2. The van der Waals surface area contributed by atoms with Crippen LogP contribution < -0.4 is 11.2 Å². The van der Waals surface area contributed by atoms with Crippen molar-refractivity contribution in [3.8, 4) is 11.5 Å². The molecule has 0 atom stereocenters. The lowest BCUT2D eigenvalue weighted by Crippen LogP contribution is -2.40. The highest BCUT2D eigenvalue weighted by Crippen LogP contribution is 2.25. The third-order valence-electron chi connectivity index (χ3n) is 4.60. The number of nitrogens with zero attached hydrogens (tertiary/aromatic N) is 4. The molecule has 0 saturated heterocycles. The zero-order valence-corrected chi connectivity index (χ0v) is 16.2. The van der Waals surface area contributed by atoms with Gasteiger partial charge in [-0.2, -0.15) is 0 Å². The van der Waals surface area contributed by atoms with Crippen molar-refractivity contribution in [1.29, 1.82) is 0 Å².